The summed E-state index contributed by atoms with van der Waals surface area (Å²) in [6.07, 6.45) is 3.54. The van der Waals surface area contributed by atoms with Crippen molar-refractivity contribution < 1.29 is 17.9 Å². The molecule has 1 aromatic heterocycles. The van der Waals surface area contributed by atoms with E-state index in [1.807, 2.05) is 0 Å². The van der Waals surface area contributed by atoms with E-state index in [1.165, 1.54) is 12.1 Å². The molecule has 0 unspecified atom stereocenters. The van der Waals surface area contributed by atoms with Crippen molar-refractivity contribution in [1.29, 1.82) is 0 Å². The summed E-state index contributed by atoms with van der Waals surface area (Å²) in [6, 6.07) is 8.14. The molecule has 6 nitrogen and oxygen atoms in total. The zero-order valence-electron chi connectivity index (χ0n) is 16.2. The van der Waals surface area contributed by atoms with Gasteiger partial charge < -0.3 is 9.30 Å². The van der Waals surface area contributed by atoms with Gasteiger partial charge in [-0.1, -0.05) is 18.2 Å². The van der Waals surface area contributed by atoms with Gasteiger partial charge in [-0.3, -0.25) is 4.72 Å². The highest BCUT2D eigenvalue weighted by Gasteiger charge is 2.32. The summed E-state index contributed by atoms with van der Waals surface area (Å²) in [6.45, 7) is 5.40. The van der Waals surface area contributed by atoms with Gasteiger partial charge in [0.2, 0.25) is 0 Å². The Morgan fingerprint density at radius 1 is 1.11 bits per heavy atom. The first-order valence-corrected chi connectivity index (χ1v) is 10.6. The maximum absolute atomic E-state index is 12.9. The van der Waals surface area contributed by atoms with Gasteiger partial charge in [0, 0.05) is 12.7 Å². The molecule has 146 valence electrons. The van der Waals surface area contributed by atoms with E-state index in [1.54, 1.807) is 50.6 Å². The highest BCUT2D eigenvalue weighted by Crippen LogP contribution is 2.35. The van der Waals surface area contributed by atoms with E-state index in [0.717, 1.165) is 36.9 Å². The lowest BCUT2D eigenvalue weighted by atomic mass is 9.95. The molecule has 0 saturated heterocycles. The maximum atomic E-state index is 12.9. The van der Waals surface area contributed by atoms with Crippen molar-refractivity contribution in [2.45, 2.75) is 57.0 Å². The Labute approximate surface area is 160 Å². The summed E-state index contributed by atoms with van der Waals surface area (Å²) in [5, 5.41) is 0. The minimum atomic E-state index is -3.81. The average Bonchev–Trinajstić information content (AvgIpc) is 2.86. The van der Waals surface area contributed by atoms with Gasteiger partial charge in [-0.15, -0.1) is 0 Å². The Kier molecular flexibility index (Phi) is 5.08. The quantitative estimate of drug-likeness (QED) is 0.808. The zero-order chi connectivity index (χ0) is 19.8. The van der Waals surface area contributed by atoms with Crippen molar-refractivity contribution in [2.75, 3.05) is 4.72 Å². The number of carbonyl (C=O) groups excluding carboxylic acids is 1. The van der Waals surface area contributed by atoms with Crippen molar-refractivity contribution in [3.8, 4) is 0 Å². The largest absolute Gasteiger partial charge is 0.456 e. The van der Waals surface area contributed by atoms with E-state index in [9.17, 15) is 13.2 Å². The third-order valence-electron chi connectivity index (χ3n) is 4.61. The van der Waals surface area contributed by atoms with Crippen LogP contribution in [-0.2, 0) is 34.6 Å². The molecule has 27 heavy (non-hydrogen) atoms. The highest BCUT2D eigenvalue weighted by molar-refractivity contribution is 7.92. The van der Waals surface area contributed by atoms with E-state index in [-0.39, 0.29) is 10.7 Å². The maximum Gasteiger partial charge on any atom is 0.342 e. The Balaban J connectivity index is 2.09. The molecule has 0 spiro atoms. The molecule has 0 aliphatic heterocycles. The second kappa shape index (κ2) is 7.03. The smallest absolute Gasteiger partial charge is 0.342 e. The number of ether oxygens (including phenoxy) is 1. The molecule has 0 radical (unpaired) electrons. The summed E-state index contributed by atoms with van der Waals surface area (Å²) in [5.41, 5.74) is 1.56. The number of anilines is 1. The predicted octanol–water partition coefficient (Wildman–Crippen LogP) is 3.66. The first kappa shape index (κ1) is 19.5. The zero-order valence-corrected chi connectivity index (χ0v) is 17.0. The number of carbonyl (C=O) groups is 1. The lowest BCUT2D eigenvalue weighted by molar-refractivity contribution is 0.00696. The Morgan fingerprint density at radius 2 is 1.74 bits per heavy atom. The lowest BCUT2D eigenvalue weighted by Crippen LogP contribution is -2.25. The van der Waals surface area contributed by atoms with Gasteiger partial charge >= 0.3 is 5.97 Å². The van der Waals surface area contributed by atoms with Crippen LogP contribution in [0.25, 0.3) is 0 Å². The predicted molar refractivity (Wildman–Crippen MR) is 104 cm³/mol. The number of hydrogen-bond acceptors (Lipinski definition) is 4. The number of nitrogens with zero attached hydrogens (tertiary/aromatic N) is 1. The topological polar surface area (TPSA) is 77.4 Å². The molecule has 0 amide bonds. The van der Waals surface area contributed by atoms with Gasteiger partial charge in [-0.25, -0.2) is 13.2 Å². The molecule has 2 aromatic rings. The third kappa shape index (κ3) is 4.03. The van der Waals surface area contributed by atoms with Crippen molar-refractivity contribution in [1.82, 2.24) is 4.57 Å². The molecule has 3 rings (SSSR count). The molecule has 1 aliphatic rings. The van der Waals surface area contributed by atoms with E-state index in [4.69, 9.17) is 4.74 Å². The molecular weight excluding hydrogens is 364 g/mol. The second-order valence-corrected chi connectivity index (χ2v) is 9.52. The Hall–Kier alpha value is -2.28. The summed E-state index contributed by atoms with van der Waals surface area (Å²) >= 11 is 0. The molecule has 0 atom stereocenters. The molecular formula is C20H26N2O4S. The van der Waals surface area contributed by atoms with Crippen LogP contribution in [0.15, 0.2) is 35.2 Å². The standard InChI is InChI=1S/C20H26N2O4S/c1-20(2,3)26-19(23)17-15-12-8-9-13-16(15)22(4)18(17)21-27(24,25)14-10-6-5-7-11-14/h5-7,10-11,21H,8-9,12-13H2,1-4H3. The molecule has 7 heteroatoms. The van der Waals surface area contributed by atoms with Crippen molar-refractivity contribution in [3.63, 3.8) is 0 Å². The number of hydrogen-bond donors (Lipinski definition) is 1. The van der Waals surface area contributed by atoms with Gasteiger partial charge in [-0.2, -0.15) is 0 Å². The number of benzene rings is 1. The minimum Gasteiger partial charge on any atom is -0.456 e. The number of aromatic nitrogens is 1. The summed E-state index contributed by atoms with van der Waals surface area (Å²) in [4.78, 5) is 13.1. The van der Waals surface area contributed by atoms with E-state index in [2.05, 4.69) is 4.72 Å². The van der Waals surface area contributed by atoms with E-state index in [0.29, 0.717) is 5.56 Å². The normalized spacial score (nSPS) is 14.5. The first-order valence-electron chi connectivity index (χ1n) is 9.12. The fourth-order valence-electron chi connectivity index (χ4n) is 3.43. The molecule has 1 heterocycles. The monoisotopic (exact) mass is 390 g/mol. The van der Waals surface area contributed by atoms with Crippen LogP contribution in [0.3, 0.4) is 0 Å². The molecule has 0 fully saturated rings. The van der Waals surface area contributed by atoms with Crippen molar-refractivity contribution in [2.24, 2.45) is 7.05 Å². The van der Waals surface area contributed by atoms with Gasteiger partial charge in [-0.05, 0) is 64.2 Å². The van der Waals surface area contributed by atoms with Gasteiger partial charge in [0.15, 0.2) is 0 Å². The summed E-state index contributed by atoms with van der Waals surface area (Å²) in [7, 11) is -2.02. The van der Waals surface area contributed by atoms with Crippen LogP contribution in [0.4, 0.5) is 5.82 Å². The van der Waals surface area contributed by atoms with Crippen LogP contribution in [0.1, 0.15) is 55.2 Å². The van der Waals surface area contributed by atoms with Crippen LogP contribution in [0.5, 0.6) is 0 Å². The highest BCUT2D eigenvalue weighted by atomic mass is 32.2. The van der Waals surface area contributed by atoms with E-state index < -0.39 is 21.6 Å². The Bertz CT molecular complexity index is 954. The number of nitrogens with one attached hydrogen (secondary N) is 1. The fourth-order valence-corrected chi connectivity index (χ4v) is 4.56. The molecule has 1 aliphatic carbocycles. The first-order chi connectivity index (χ1) is 12.6. The van der Waals surface area contributed by atoms with Gasteiger partial charge in [0.05, 0.1) is 4.90 Å². The average molecular weight is 391 g/mol. The minimum absolute atomic E-state index is 0.152. The lowest BCUT2D eigenvalue weighted by Gasteiger charge is -2.21. The van der Waals surface area contributed by atoms with Crippen LogP contribution >= 0.6 is 0 Å². The van der Waals surface area contributed by atoms with Crippen molar-refractivity contribution in [3.05, 3.63) is 47.2 Å². The van der Waals surface area contributed by atoms with Gasteiger partial charge in [0.25, 0.3) is 10.0 Å². The fraction of sp³-hybridized carbons (Fsp3) is 0.450. The Morgan fingerprint density at radius 3 is 2.37 bits per heavy atom. The molecule has 1 aromatic carbocycles. The molecule has 1 N–H and O–H groups in total. The van der Waals surface area contributed by atoms with Crippen LogP contribution in [-0.4, -0.2) is 24.6 Å². The number of rotatable bonds is 4. The number of fused-ring (bicyclic) bond motifs is 1. The second-order valence-electron chi connectivity index (χ2n) is 7.84. The summed E-state index contributed by atoms with van der Waals surface area (Å²) < 4.78 is 35.7. The van der Waals surface area contributed by atoms with E-state index >= 15 is 0 Å². The number of esters is 1. The molecule has 0 saturated carbocycles. The SMILES string of the molecule is Cn1c2c(c(C(=O)OC(C)(C)C)c1NS(=O)(=O)c1ccccc1)CCCC2. The summed E-state index contributed by atoms with van der Waals surface area (Å²) in [5.74, 6) is -0.216. The van der Waals surface area contributed by atoms with Gasteiger partial charge in [0.1, 0.15) is 17.0 Å². The number of sulfonamides is 1. The van der Waals surface area contributed by atoms with Crippen molar-refractivity contribution >= 4 is 21.8 Å². The molecule has 0 bridgehead atoms. The third-order valence-corrected chi connectivity index (χ3v) is 5.96. The van der Waals surface area contributed by atoms with Crippen LogP contribution < -0.4 is 4.72 Å². The van der Waals surface area contributed by atoms with Crippen LogP contribution in [0.2, 0.25) is 0 Å². The van der Waals surface area contributed by atoms with Crippen LogP contribution in [0, 0.1) is 0 Å².